The van der Waals surface area contributed by atoms with Crippen LogP contribution >= 0.6 is 38.9 Å². The molecule has 2 heterocycles. The molecule has 2 aromatic heterocycles. The second-order valence-electron chi connectivity index (χ2n) is 3.92. The number of aromatic nitrogens is 3. The van der Waals surface area contributed by atoms with Crippen molar-refractivity contribution in [1.82, 2.24) is 15.0 Å². The third-order valence-corrected chi connectivity index (χ3v) is 4.12. The lowest BCUT2D eigenvalue weighted by Gasteiger charge is -2.09. The van der Waals surface area contributed by atoms with Crippen LogP contribution in [0.2, 0.25) is 5.28 Å². The van der Waals surface area contributed by atoms with Crippen LogP contribution in [-0.2, 0) is 6.54 Å². The lowest BCUT2D eigenvalue weighted by atomic mass is 10.5. The van der Waals surface area contributed by atoms with Crippen molar-refractivity contribution < 1.29 is 4.74 Å². The summed E-state index contributed by atoms with van der Waals surface area (Å²) >= 11 is 10.9. The largest absolute Gasteiger partial charge is 0.461 e. The zero-order valence-electron chi connectivity index (χ0n) is 10.4. The number of nitrogens with one attached hydrogen (secondary N) is 1. The van der Waals surface area contributed by atoms with E-state index >= 15 is 0 Å². The van der Waals surface area contributed by atoms with Gasteiger partial charge in [-0.15, -0.1) is 11.3 Å². The van der Waals surface area contributed by atoms with Crippen molar-refractivity contribution in [2.24, 2.45) is 0 Å². The Morgan fingerprint density at radius 3 is 2.84 bits per heavy atom. The number of anilines is 1. The molecule has 102 valence electrons. The zero-order chi connectivity index (χ0) is 13.8. The van der Waals surface area contributed by atoms with Crippen LogP contribution in [0, 0.1) is 0 Å². The predicted molar refractivity (Wildman–Crippen MR) is 79.9 cm³/mol. The molecule has 0 fully saturated rings. The van der Waals surface area contributed by atoms with E-state index < -0.39 is 0 Å². The van der Waals surface area contributed by atoms with E-state index in [0.717, 1.165) is 9.35 Å². The molecule has 5 nitrogen and oxygen atoms in total. The molecular formula is C11H12BrClN4OS. The first-order chi connectivity index (χ1) is 9.04. The van der Waals surface area contributed by atoms with E-state index in [1.165, 1.54) is 0 Å². The Morgan fingerprint density at radius 1 is 1.42 bits per heavy atom. The van der Waals surface area contributed by atoms with Gasteiger partial charge in [-0.2, -0.15) is 15.0 Å². The third kappa shape index (κ3) is 4.29. The molecule has 0 amide bonds. The Hall–Kier alpha value is -0.920. The summed E-state index contributed by atoms with van der Waals surface area (Å²) < 4.78 is 6.46. The van der Waals surface area contributed by atoms with Crippen molar-refractivity contribution in [1.29, 1.82) is 0 Å². The molecule has 0 saturated carbocycles. The third-order valence-electron chi connectivity index (χ3n) is 2.03. The number of hydrogen-bond donors (Lipinski definition) is 1. The SMILES string of the molecule is CC(C)Oc1nc(Cl)nc(NCc2sccc2Br)n1. The summed E-state index contributed by atoms with van der Waals surface area (Å²) in [4.78, 5) is 13.2. The molecule has 0 unspecified atom stereocenters. The molecular weight excluding hydrogens is 352 g/mol. The summed E-state index contributed by atoms with van der Waals surface area (Å²) in [6, 6.07) is 2.22. The number of nitrogens with zero attached hydrogens (tertiary/aromatic N) is 3. The molecule has 0 aliphatic rings. The molecule has 1 N–H and O–H groups in total. The molecule has 0 bridgehead atoms. The van der Waals surface area contributed by atoms with Gasteiger partial charge in [0.15, 0.2) is 0 Å². The Kier molecular flexibility index (Phi) is 4.95. The highest BCUT2D eigenvalue weighted by molar-refractivity contribution is 9.10. The molecule has 0 spiro atoms. The summed E-state index contributed by atoms with van der Waals surface area (Å²) in [6.45, 7) is 4.40. The second kappa shape index (κ2) is 6.49. The van der Waals surface area contributed by atoms with Crippen LogP contribution in [0.25, 0.3) is 0 Å². The van der Waals surface area contributed by atoms with Crippen LogP contribution in [0.5, 0.6) is 6.01 Å². The Bertz CT molecular complexity index is 563. The van der Waals surface area contributed by atoms with Gasteiger partial charge in [0.05, 0.1) is 12.6 Å². The number of ether oxygens (including phenoxy) is 1. The van der Waals surface area contributed by atoms with Crippen LogP contribution < -0.4 is 10.1 Å². The van der Waals surface area contributed by atoms with E-state index in [0.29, 0.717) is 12.5 Å². The maximum Gasteiger partial charge on any atom is 0.322 e. The standard InChI is InChI=1S/C11H12BrClN4OS/c1-6(2)18-11-16-9(13)15-10(17-11)14-5-8-7(12)3-4-19-8/h3-4,6H,5H2,1-2H3,(H,14,15,16,17). The maximum absolute atomic E-state index is 5.84. The van der Waals surface area contributed by atoms with Crippen molar-refractivity contribution in [3.63, 3.8) is 0 Å². The van der Waals surface area contributed by atoms with Crippen LogP contribution in [0.3, 0.4) is 0 Å². The molecule has 0 aliphatic carbocycles. The molecule has 19 heavy (non-hydrogen) atoms. The van der Waals surface area contributed by atoms with E-state index in [1.807, 2.05) is 25.3 Å². The second-order valence-corrected chi connectivity index (χ2v) is 6.12. The molecule has 8 heteroatoms. The fraction of sp³-hybridized carbons (Fsp3) is 0.364. The average molecular weight is 364 g/mol. The van der Waals surface area contributed by atoms with E-state index in [-0.39, 0.29) is 17.4 Å². The minimum atomic E-state index is -0.0160. The Balaban J connectivity index is 2.07. The lowest BCUT2D eigenvalue weighted by Crippen LogP contribution is -2.11. The predicted octanol–water partition coefficient (Wildman–Crippen LogP) is 3.75. The highest BCUT2D eigenvalue weighted by atomic mass is 79.9. The first kappa shape index (κ1) is 14.5. The van der Waals surface area contributed by atoms with Gasteiger partial charge in [-0.05, 0) is 52.8 Å². The first-order valence-electron chi connectivity index (χ1n) is 5.58. The number of hydrogen-bond acceptors (Lipinski definition) is 6. The number of thiophene rings is 1. The zero-order valence-corrected chi connectivity index (χ0v) is 13.5. The van der Waals surface area contributed by atoms with Crippen LogP contribution in [-0.4, -0.2) is 21.1 Å². The van der Waals surface area contributed by atoms with E-state index in [4.69, 9.17) is 16.3 Å². The van der Waals surface area contributed by atoms with Crippen molar-refractivity contribution in [2.75, 3.05) is 5.32 Å². The van der Waals surface area contributed by atoms with Gasteiger partial charge in [-0.1, -0.05) is 0 Å². The van der Waals surface area contributed by atoms with Gasteiger partial charge in [0.25, 0.3) is 0 Å². The minimum Gasteiger partial charge on any atom is -0.461 e. The minimum absolute atomic E-state index is 0.0160. The van der Waals surface area contributed by atoms with Crippen LogP contribution in [0.4, 0.5) is 5.95 Å². The normalized spacial score (nSPS) is 10.8. The smallest absolute Gasteiger partial charge is 0.322 e. The summed E-state index contributed by atoms with van der Waals surface area (Å²) in [5, 5.41) is 5.21. The summed E-state index contributed by atoms with van der Waals surface area (Å²) in [7, 11) is 0. The number of rotatable bonds is 5. The van der Waals surface area contributed by atoms with Gasteiger partial charge in [0.2, 0.25) is 11.2 Å². The molecule has 0 radical (unpaired) electrons. The Morgan fingerprint density at radius 2 is 2.21 bits per heavy atom. The molecule has 2 aromatic rings. The molecule has 0 saturated heterocycles. The molecule has 0 atom stereocenters. The summed E-state index contributed by atoms with van der Waals surface area (Å²) in [6.07, 6.45) is -0.0160. The average Bonchev–Trinajstić information content (AvgIpc) is 2.70. The first-order valence-corrected chi connectivity index (χ1v) is 7.63. The fourth-order valence-corrected chi connectivity index (χ4v) is 2.87. The van der Waals surface area contributed by atoms with Crippen molar-refractivity contribution in [2.45, 2.75) is 26.5 Å². The molecule has 2 rings (SSSR count). The van der Waals surface area contributed by atoms with Gasteiger partial charge in [-0.25, -0.2) is 0 Å². The maximum atomic E-state index is 5.84. The highest BCUT2D eigenvalue weighted by Gasteiger charge is 2.08. The van der Waals surface area contributed by atoms with Crippen molar-refractivity contribution in [3.8, 4) is 6.01 Å². The van der Waals surface area contributed by atoms with Gasteiger partial charge in [0, 0.05) is 9.35 Å². The van der Waals surface area contributed by atoms with E-state index in [2.05, 4.69) is 36.2 Å². The quantitative estimate of drug-likeness (QED) is 0.876. The van der Waals surface area contributed by atoms with Crippen molar-refractivity contribution in [3.05, 3.63) is 26.1 Å². The monoisotopic (exact) mass is 362 g/mol. The number of halogens is 2. The van der Waals surface area contributed by atoms with Crippen LogP contribution in [0.15, 0.2) is 15.9 Å². The fourth-order valence-electron chi connectivity index (χ4n) is 1.29. The van der Waals surface area contributed by atoms with E-state index in [1.54, 1.807) is 11.3 Å². The summed E-state index contributed by atoms with van der Waals surface area (Å²) in [5.41, 5.74) is 0. The topological polar surface area (TPSA) is 59.9 Å². The van der Waals surface area contributed by atoms with Gasteiger partial charge >= 0.3 is 6.01 Å². The molecule has 0 aliphatic heterocycles. The lowest BCUT2D eigenvalue weighted by molar-refractivity contribution is 0.222. The highest BCUT2D eigenvalue weighted by Crippen LogP contribution is 2.23. The van der Waals surface area contributed by atoms with Gasteiger partial charge < -0.3 is 10.1 Å². The summed E-state index contributed by atoms with van der Waals surface area (Å²) in [5.74, 6) is 0.399. The van der Waals surface area contributed by atoms with E-state index in [9.17, 15) is 0 Å². The van der Waals surface area contributed by atoms with Crippen molar-refractivity contribution >= 4 is 44.8 Å². The van der Waals surface area contributed by atoms with Gasteiger partial charge in [-0.3, -0.25) is 0 Å². The van der Waals surface area contributed by atoms with Crippen LogP contribution in [0.1, 0.15) is 18.7 Å². The van der Waals surface area contributed by atoms with Gasteiger partial charge in [0.1, 0.15) is 0 Å². The Labute approximate surface area is 128 Å². The molecule has 0 aromatic carbocycles.